The predicted octanol–water partition coefficient (Wildman–Crippen LogP) is 7.76. The van der Waals surface area contributed by atoms with Crippen molar-refractivity contribution < 1.29 is 26.3 Å². The van der Waals surface area contributed by atoms with Gasteiger partial charge in [0.25, 0.3) is 0 Å². The van der Waals surface area contributed by atoms with E-state index in [1.807, 2.05) is 0 Å². The molecule has 4 N–H and O–H groups in total. The number of benzene rings is 4. The average Bonchev–Trinajstić information content (AvgIpc) is 2.87. The van der Waals surface area contributed by atoms with Gasteiger partial charge in [0.05, 0.1) is 11.1 Å². The van der Waals surface area contributed by atoms with Crippen LogP contribution in [0.15, 0.2) is 97.1 Å². The van der Waals surface area contributed by atoms with Crippen LogP contribution in [-0.4, -0.2) is 0 Å². The molecule has 0 saturated heterocycles. The minimum atomic E-state index is -4.39. The Kier molecular flexibility index (Phi) is 6.93. The summed E-state index contributed by atoms with van der Waals surface area (Å²) in [6.07, 6.45) is -8.78. The van der Waals surface area contributed by atoms with Crippen LogP contribution < -0.4 is 11.5 Å². The molecule has 2 unspecified atom stereocenters. The van der Waals surface area contributed by atoms with Gasteiger partial charge in [0.15, 0.2) is 0 Å². The number of halogens is 6. The zero-order valence-corrected chi connectivity index (χ0v) is 18.8. The van der Waals surface area contributed by atoms with E-state index in [0.29, 0.717) is 11.1 Å². The summed E-state index contributed by atoms with van der Waals surface area (Å²) in [6, 6.07) is 23.0. The van der Waals surface area contributed by atoms with Crippen molar-refractivity contribution in [1.82, 2.24) is 0 Å². The number of alkyl halides is 6. The van der Waals surface area contributed by atoms with Crippen LogP contribution in [0.3, 0.4) is 0 Å². The second kappa shape index (κ2) is 9.79. The fourth-order valence-electron chi connectivity index (χ4n) is 3.91. The summed E-state index contributed by atoms with van der Waals surface area (Å²) in [4.78, 5) is 0. The molecule has 8 heteroatoms. The van der Waals surface area contributed by atoms with Crippen LogP contribution in [0.2, 0.25) is 0 Å². The van der Waals surface area contributed by atoms with Gasteiger partial charge >= 0.3 is 12.4 Å². The molecule has 0 aliphatic carbocycles. The van der Waals surface area contributed by atoms with E-state index in [2.05, 4.69) is 0 Å². The minimum absolute atomic E-state index is 0.552. The van der Waals surface area contributed by atoms with Gasteiger partial charge in [-0.3, -0.25) is 0 Å². The van der Waals surface area contributed by atoms with Gasteiger partial charge in [-0.2, -0.15) is 26.3 Å². The van der Waals surface area contributed by atoms with Crippen LogP contribution in [0.25, 0.3) is 22.3 Å². The molecule has 0 aliphatic rings. The highest BCUT2D eigenvalue weighted by atomic mass is 19.4. The van der Waals surface area contributed by atoms with Crippen molar-refractivity contribution in [1.29, 1.82) is 0 Å². The van der Waals surface area contributed by atoms with Gasteiger partial charge in [-0.05, 0) is 57.6 Å². The third kappa shape index (κ3) is 5.61. The number of rotatable bonds is 5. The molecule has 0 amide bonds. The zero-order valence-electron chi connectivity index (χ0n) is 18.8. The third-order valence-electron chi connectivity index (χ3n) is 6.07. The summed E-state index contributed by atoms with van der Waals surface area (Å²) in [6.45, 7) is 0. The summed E-state index contributed by atoms with van der Waals surface area (Å²) in [5, 5.41) is 0. The molecule has 2 nitrogen and oxygen atoms in total. The van der Waals surface area contributed by atoms with Crippen molar-refractivity contribution in [3.8, 4) is 22.3 Å². The number of hydrogen-bond donors (Lipinski definition) is 2. The van der Waals surface area contributed by atoms with Crippen molar-refractivity contribution in [2.45, 2.75) is 24.4 Å². The van der Waals surface area contributed by atoms with E-state index in [1.54, 1.807) is 48.5 Å². The van der Waals surface area contributed by atoms with Gasteiger partial charge in [-0.1, -0.05) is 72.8 Å². The maximum absolute atomic E-state index is 12.8. The van der Waals surface area contributed by atoms with Crippen LogP contribution in [0.5, 0.6) is 0 Å². The molecule has 0 radical (unpaired) electrons. The monoisotopic (exact) mass is 500 g/mol. The van der Waals surface area contributed by atoms with E-state index in [-0.39, 0.29) is 0 Å². The van der Waals surface area contributed by atoms with Gasteiger partial charge in [-0.25, -0.2) is 0 Å². The van der Waals surface area contributed by atoms with Crippen molar-refractivity contribution in [3.63, 3.8) is 0 Å². The quantitative estimate of drug-likeness (QED) is 0.275. The maximum Gasteiger partial charge on any atom is 0.416 e. The molecular weight excluding hydrogens is 478 g/mol. The van der Waals surface area contributed by atoms with E-state index in [9.17, 15) is 26.3 Å². The van der Waals surface area contributed by atoms with E-state index in [4.69, 9.17) is 11.5 Å². The van der Waals surface area contributed by atoms with Gasteiger partial charge in [0.1, 0.15) is 0 Å². The van der Waals surface area contributed by atoms with E-state index < -0.39 is 35.6 Å². The Balaban J connectivity index is 1.45. The summed E-state index contributed by atoms with van der Waals surface area (Å²) in [7, 11) is 0. The van der Waals surface area contributed by atoms with Crippen molar-refractivity contribution in [2.24, 2.45) is 11.5 Å². The first-order valence-corrected chi connectivity index (χ1v) is 11.0. The molecule has 186 valence electrons. The summed E-state index contributed by atoms with van der Waals surface area (Å²) in [5.41, 5.74) is 15.6. The number of nitrogens with two attached hydrogens (primary N) is 2. The van der Waals surface area contributed by atoms with Gasteiger partial charge in [-0.15, -0.1) is 0 Å². The lowest BCUT2D eigenvalue weighted by molar-refractivity contribution is -0.138. The first kappa shape index (κ1) is 25.5. The highest BCUT2D eigenvalue weighted by Crippen LogP contribution is 2.33. The molecule has 0 aliphatic heterocycles. The van der Waals surface area contributed by atoms with Gasteiger partial charge in [0.2, 0.25) is 0 Å². The Morgan fingerprint density at radius 1 is 0.389 bits per heavy atom. The Labute approximate surface area is 204 Å². The van der Waals surface area contributed by atoms with Gasteiger partial charge < -0.3 is 11.5 Å². The lowest BCUT2D eigenvalue weighted by Gasteiger charge is -2.21. The molecule has 0 saturated carbocycles. The molecular formula is C28H22F6N2. The van der Waals surface area contributed by atoms with Crippen LogP contribution in [-0.2, 0) is 12.4 Å². The number of hydrogen-bond acceptors (Lipinski definition) is 2. The fraction of sp³-hybridized carbons (Fsp3) is 0.143. The SMILES string of the molecule is NC(c1ccc(-c2ccc(C(F)(F)F)cc2)cc1)C(N)c1ccc(-c2ccc(C(F)(F)F)cc2)cc1. The smallest absolute Gasteiger partial charge is 0.322 e. The third-order valence-corrected chi connectivity index (χ3v) is 6.07. The van der Waals surface area contributed by atoms with Crippen molar-refractivity contribution >= 4 is 0 Å². The Hall–Kier alpha value is -3.62. The molecule has 4 rings (SSSR count). The van der Waals surface area contributed by atoms with Gasteiger partial charge in [0, 0.05) is 12.1 Å². The molecule has 36 heavy (non-hydrogen) atoms. The average molecular weight is 500 g/mol. The van der Waals surface area contributed by atoms with Crippen molar-refractivity contribution in [3.05, 3.63) is 119 Å². The van der Waals surface area contributed by atoms with E-state index >= 15 is 0 Å². The standard InChI is InChI=1S/C28H22F6N2/c29-27(30,31)23-13-9-19(10-14-23)17-1-5-21(6-2-17)25(35)26(36)22-7-3-18(4-8-22)20-11-15-24(16-12-20)28(32,33)34/h1-16,25-26H,35-36H2. The highest BCUT2D eigenvalue weighted by molar-refractivity contribution is 5.65. The zero-order chi connectivity index (χ0) is 26.1. The Bertz CT molecular complexity index is 1190. The minimum Gasteiger partial charge on any atom is -0.322 e. The van der Waals surface area contributed by atoms with E-state index in [0.717, 1.165) is 46.5 Å². The van der Waals surface area contributed by atoms with Crippen LogP contribution in [0.4, 0.5) is 26.3 Å². The van der Waals surface area contributed by atoms with E-state index in [1.165, 1.54) is 24.3 Å². The maximum atomic E-state index is 12.8. The predicted molar refractivity (Wildman–Crippen MR) is 128 cm³/mol. The lowest BCUT2D eigenvalue weighted by Crippen LogP contribution is -2.26. The topological polar surface area (TPSA) is 52.0 Å². The molecule has 0 heterocycles. The fourth-order valence-corrected chi connectivity index (χ4v) is 3.91. The molecule has 0 fully saturated rings. The van der Waals surface area contributed by atoms with Crippen LogP contribution in [0.1, 0.15) is 34.3 Å². The Morgan fingerprint density at radius 3 is 0.833 bits per heavy atom. The molecule has 4 aromatic rings. The normalized spacial score (nSPS) is 13.9. The molecule has 0 aromatic heterocycles. The first-order chi connectivity index (χ1) is 16.9. The summed E-state index contributed by atoms with van der Waals surface area (Å²) in [5.74, 6) is 0. The lowest BCUT2D eigenvalue weighted by atomic mass is 9.92. The Morgan fingerprint density at radius 2 is 0.611 bits per heavy atom. The molecule has 2 atom stereocenters. The van der Waals surface area contributed by atoms with Crippen molar-refractivity contribution in [2.75, 3.05) is 0 Å². The second-order valence-corrected chi connectivity index (χ2v) is 8.45. The largest absolute Gasteiger partial charge is 0.416 e. The second-order valence-electron chi connectivity index (χ2n) is 8.45. The summed E-state index contributed by atoms with van der Waals surface area (Å²) < 4.78 is 76.7. The first-order valence-electron chi connectivity index (χ1n) is 11.0. The molecule has 0 bridgehead atoms. The molecule has 0 spiro atoms. The highest BCUT2D eigenvalue weighted by Gasteiger charge is 2.30. The molecule has 4 aromatic carbocycles. The van der Waals surface area contributed by atoms with Crippen LogP contribution in [0, 0.1) is 0 Å². The summed E-state index contributed by atoms with van der Waals surface area (Å²) >= 11 is 0. The van der Waals surface area contributed by atoms with Crippen LogP contribution >= 0.6 is 0 Å².